The lowest BCUT2D eigenvalue weighted by atomic mass is 9.85. The van der Waals surface area contributed by atoms with Gasteiger partial charge in [0, 0.05) is 6.04 Å². The molecule has 0 bridgehead atoms. The monoisotopic (exact) mass is 272 g/mol. The van der Waals surface area contributed by atoms with Crippen LogP contribution in [0, 0.1) is 5.41 Å². The van der Waals surface area contributed by atoms with Crippen molar-refractivity contribution in [3.8, 4) is 0 Å². The predicted molar refractivity (Wildman–Crippen MR) is 71.0 cm³/mol. The van der Waals surface area contributed by atoms with Crippen molar-refractivity contribution in [1.29, 1.82) is 0 Å². The van der Waals surface area contributed by atoms with E-state index in [1.165, 1.54) is 0 Å². The van der Waals surface area contributed by atoms with Crippen LogP contribution in [0.1, 0.15) is 40.0 Å². The Morgan fingerprint density at radius 2 is 2.21 bits per heavy atom. The first-order valence-corrected chi connectivity index (χ1v) is 6.78. The normalized spacial score (nSPS) is 27.8. The van der Waals surface area contributed by atoms with Crippen LogP contribution in [-0.4, -0.2) is 42.4 Å². The number of hydrogen-bond acceptors (Lipinski definition) is 3. The molecule has 1 aliphatic heterocycles. The summed E-state index contributed by atoms with van der Waals surface area (Å²) in [6.45, 7) is 5.99. The summed E-state index contributed by atoms with van der Waals surface area (Å²) in [5.41, 5.74) is -1.05. The summed E-state index contributed by atoms with van der Waals surface area (Å²) in [7, 11) is 0. The van der Waals surface area contributed by atoms with E-state index >= 15 is 0 Å². The van der Waals surface area contributed by atoms with Gasteiger partial charge in [0.25, 0.3) is 0 Å². The number of ether oxygens (including phenoxy) is 1. The topological polar surface area (TPSA) is 87.7 Å². The first-order chi connectivity index (χ1) is 8.90. The van der Waals surface area contributed by atoms with Gasteiger partial charge in [-0.25, -0.2) is 4.79 Å². The highest BCUT2D eigenvalue weighted by molar-refractivity contribution is 5.79. The number of nitrogens with one attached hydrogen (secondary N) is 2. The van der Waals surface area contributed by atoms with Crippen molar-refractivity contribution in [2.24, 2.45) is 5.41 Å². The molecule has 0 aromatic rings. The van der Waals surface area contributed by atoms with Crippen LogP contribution in [0.15, 0.2) is 0 Å². The molecule has 6 nitrogen and oxygen atoms in total. The van der Waals surface area contributed by atoms with Crippen LogP contribution >= 0.6 is 0 Å². The molecule has 3 unspecified atom stereocenters. The fourth-order valence-electron chi connectivity index (χ4n) is 2.09. The summed E-state index contributed by atoms with van der Waals surface area (Å²) in [4.78, 5) is 23.0. The van der Waals surface area contributed by atoms with Crippen LogP contribution in [-0.2, 0) is 9.53 Å². The Morgan fingerprint density at radius 1 is 1.53 bits per heavy atom. The number of rotatable bonds is 6. The highest BCUT2D eigenvalue weighted by atomic mass is 16.5. The largest absolute Gasteiger partial charge is 0.481 e. The number of amides is 2. The van der Waals surface area contributed by atoms with Crippen molar-refractivity contribution >= 4 is 12.0 Å². The molecule has 110 valence electrons. The van der Waals surface area contributed by atoms with Gasteiger partial charge in [-0.15, -0.1) is 0 Å². The molecule has 0 radical (unpaired) electrons. The van der Waals surface area contributed by atoms with Gasteiger partial charge >= 0.3 is 12.0 Å². The number of carbonyl (C=O) groups is 2. The van der Waals surface area contributed by atoms with Crippen molar-refractivity contribution < 1.29 is 19.4 Å². The third-order valence-electron chi connectivity index (χ3n) is 3.62. The van der Waals surface area contributed by atoms with Crippen molar-refractivity contribution in [1.82, 2.24) is 10.6 Å². The first kappa shape index (κ1) is 15.8. The molecule has 3 N–H and O–H groups in total. The molecule has 1 rings (SSSR count). The van der Waals surface area contributed by atoms with Gasteiger partial charge in [0.1, 0.15) is 5.41 Å². The van der Waals surface area contributed by atoms with E-state index in [1.54, 1.807) is 6.92 Å². The van der Waals surface area contributed by atoms with Crippen LogP contribution in [0.3, 0.4) is 0 Å². The second-order valence-corrected chi connectivity index (χ2v) is 5.45. The van der Waals surface area contributed by atoms with Crippen LogP contribution < -0.4 is 10.6 Å². The SMILES string of the molecule is CCCCC(C)NC(=O)NC1COCC1(C)C(=O)O. The molecule has 1 aliphatic rings. The zero-order valence-electron chi connectivity index (χ0n) is 11.9. The summed E-state index contributed by atoms with van der Waals surface area (Å²) >= 11 is 0. The molecular formula is C13H24N2O4. The predicted octanol–water partition coefficient (Wildman–Crippen LogP) is 1.35. The number of urea groups is 1. The van der Waals surface area contributed by atoms with E-state index in [9.17, 15) is 14.7 Å². The molecule has 1 fully saturated rings. The van der Waals surface area contributed by atoms with Gasteiger partial charge in [-0.05, 0) is 20.3 Å². The molecule has 1 heterocycles. The Hall–Kier alpha value is -1.30. The fraction of sp³-hybridized carbons (Fsp3) is 0.846. The van der Waals surface area contributed by atoms with Gasteiger partial charge in [-0.3, -0.25) is 4.79 Å². The molecule has 0 aromatic heterocycles. The molecule has 3 atom stereocenters. The Bertz CT molecular complexity index is 335. The van der Waals surface area contributed by atoms with Crippen molar-refractivity contribution in [3.63, 3.8) is 0 Å². The Labute approximate surface area is 113 Å². The van der Waals surface area contributed by atoms with E-state index in [2.05, 4.69) is 17.6 Å². The van der Waals surface area contributed by atoms with E-state index in [4.69, 9.17) is 4.74 Å². The number of aliphatic carboxylic acids is 1. The lowest BCUT2D eigenvalue weighted by Gasteiger charge is -2.26. The van der Waals surface area contributed by atoms with Gasteiger partial charge in [-0.1, -0.05) is 19.8 Å². The Balaban J connectivity index is 2.46. The minimum Gasteiger partial charge on any atom is -0.481 e. The highest BCUT2D eigenvalue weighted by Crippen LogP contribution is 2.28. The lowest BCUT2D eigenvalue weighted by Crippen LogP contribution is -2.53. The highest BCUT2D eigenvalue weighted by Gasteiger charge is 2.47. The molecule has 0 aliphatic carbocycles. The smallest absolute Gasteiger partial charge is 0.315 e. The van der Waals surface area contributed by atoms with Gasteiger partial charge in [-0.2, -0.15) is 0 Å². The number of carboxylic acids is 1. The molecule has 0 aromatic carbocycles. The Morgan fingerprint density at radius 3 is 2.79 bits per heavy atom. The van der Waals surface area contributed by atoms with Crippen LogP contribution in [0.4, 0.5) is 4.79 Å². The molecule has 6 heteroatoms. The number of unbranched alkanes of at least 4 members (excludes halogenated alkanes) is 1. The van der Waals surface area contributed by atoms with E-state index < -0.39 is 17.4 Å². The fourth-order valence-corrected chi connectivity index (χ4v) is 2.09. The van der Waals surface area contributed by atoms with Crippen molar-refractivity contribution in [3.05, 3.63) is 0 Å². The first-order valence-electron chi connectivity index (χ1n) is 6.78. The molecule has 0 saturated carbocycles. The molecule has 0 spiro atoms. The third kappa shape index (κ3) is 4.09. The zero-order valence-corrected chi connectivity index (χ0v) is 11.9. The second kappa shape index (κ2) is 6.75. The summed E-state index contributed by atoms with van der Waals surface area (Å²) in [6, 6.07) is -0.742. The maximum atomic E-state index is 11.8. The molecular weight excluding hydrogens is 248 g/mol. The second-order valence-electron chi connectivity index (χ2n) is 5.45. The summed E-state index contributed by atoms with van der Waals surface area (Å²) < 4.78 is 5.18. The minimum absolute atomic E-state index is 0.0818. The van der Waals surface area contributed by atoms with Gasteiger partial charge < -0.3 is 20.5 Å². The third-order valence-corrected chi connectivity index (χ3v) is 3.62. The average Bonchev–Trinajstić information content (AvgIpc) is 2.69. The van der Waals surface area contributed by atoms with Crippen LogP contribution in [0.2, 0.25) is 0 Å². The van der Waals surface area contributed by atoms with Gasteiger partial charge in [0.05, 0.1) is 19.3 Å². The summed E-state index contributed by atoms with van der Waals surface area (Å²) in [5.74, 6) is -0.950. The number of carboxylic acid groups (broad SMARTS) is 1. The maximum absolute atomic E-state index is 11.8. The average molecular weight is 272 g/mol. The molecule has 2 amide bonds. The number of hydrogen-bond donors (Lipinski definition) is 3. The van der Waals surface area contributed by atoms with E-state index in [1.807, 2.05) is 6.92 Å². The van der Waals surface area contributed by atoms with Crippen molar-refractivity contribution in [2.45, 2.75) is 52.1 Å². The van der Waals surface area contributed by atoms with E-state index in [0.29, 0.717) is 0 Å². The van der Waals surface area contributed by atoms with Crippen LogP contribution in [0.25, 0.3) is 0 Å². The summed E-state index contributed by atoms with van der Waals surface area (Å²) in [6.07, 6.45) is 3.06. The van der Waals surface area contributed by atoms with Crippen LogP contribution in [0.5, 0.6) is 0 Å². The number of carbonyl (C=O) groups excluding carboxylic acids is 1. The maximum Gasteiger partial charge on any atom is 0.315 e. The summed E-state index contributed by atoms with van der Waals surface area (Å²) in [5, 5.41) is 14.7. The standard InChI is InChI=1S/C13H24N2O4/c1-4-5-6-9(2)14-12(18)15-10-7-19-8-13(10,3)11(16)17/h9-10H,4-8H2,1-3H3,(H,16,17)(H2,14,15,18). The molecule has 1 saturated heterocycles. The lowest BCUT2D eigenvalue weighted by molar-refractivity contribution is -0.148. The van der Waals surface area contributed by atoms with E-state index in [0.717, 1.165) is 19.3 Å². The van der Waals surface area contributed by atoms with Gasteiger partial charge in [0.15, 0.2) is 0 Å². The van der Waals surface area contributed by atoms with Crippen molar-refractivity contribution in [2.75, 3.05) is 13.2 Å². The zero-order chi connectivity index (χ0) is 14.5. The Kier molecular flexibility index (Phi) is 5.60. The van der Waals surface area contributed by atoms with Gasteiger partial charge in [0.2, 0.25) is 0 Å². The van der Waals surface area contributed by atoms with E-state index in [-0.39, 0.29) is 25.3 Å². The molecule has 19 heavy (non-hydrogen) atoms. The minimum atomic E-state index is -1.05. The quantitative estimate of drug-likeness (QED) is 0.681.